The van der Waals surface area contributed by atoms with Crippen LogP contribution in [0.3, 0.4) is 0 Å². The van der Waals surface area contributed by atoms with E-state index in [0.717, 1.165) is 18.2 Å². The maximum Gasteiger partial charge on any atom is 0.252 e. The Balaban J connectivity index is 2.02. The molecule has 0 bridgehead atoms. The first-order valence-electron chi connectivity index (χ1n) is 6.86. The molecule has 0 unspecified atom stereocenters. The van der Waals surface area contributed by atoms with E-state index in [-0.39, 0.29) is 21.9 Å². The molecule has 20 heavy (non-hydrogen) atoms. The minimum Gasteiger partial charge on any atom is -0.351 e. The number of benzene rings is 1. The van der Waals surface area contributed by atoms with Crippen LogP contribution in [-0.2, 0) is 0 Å². The number of rotatable bonds is 4. The van der Waals surface area contributed by atoms with Crippen LogP contribution >= 0.6 is 27.5 Å². The molecule has 1 fully saturated rings. The molecule has 1 aromatic carbocycles. The minimum absolute atomic E-state index is 0.110. The minimum atomic E-state index is -0.563. The molecular formula is C15H18BrClFNO. The van der Waals surface area contributed by atoms with Crippen LogP contribution in [0.2, 0.25) is 5.02 Å². The summed E-state index contributed by atoms with van der Waals surface area (Å²) in [5, 5.41) is 3.67. The van der Waals surface area contributed by atoms with Crippen LogP contribution in [-0.4, -0.2) is 17.8 Å². The average molecular weight is 363 g/mol. The molecule has 110 valence electrons. The second kappa shape index (κ2) is 6.90. The van der Waals surface area contributed by atoms with Crippen LogP contribution in [0.15, 0.2) is 18.2 Å². The SMILES string of the molecule is O=C(NCC1(CBr)CCCCC1)c1cccc(F)c1Cl. The molecule has 0 radical (unpaired) electrons. The zero-order chi connectivity index (χ0) is 14.6. The van der Waals surface area contributed by atoms with E-state index in [9.17, 15) is 9.18 Å². The maximum absolute atomic E-state index is 13.4. The van der Waals surface area contributed by atoms with Crippen molar-refractivity contribution < 1.29 is 9.18 Å². The molecule has 5 heteroatoms. The molecule has 1 aromatic rings. The molecule has 1 N–H and O–H groups in total. The Morgan fingerprint density at radius 2 is 2.05 bits per heavy atom. The lowest BCUT2D eigenvalue weighted by atomic mass is 9.75. The highest BCUT2D eigenvalue weighted by Crippen LogP contribution is 2.37. The van der Waals surface area contributed by atoms with Crippen LogP contribution in [0.25, 0.3) is 0 Å². The van der Waals surface area contributed by atoms with E-state index in [1.165, 1.54) is 31.4 Å². The summed E-state index contributed by atoms with van der Waals surface area (Å²) in [4.78, 5) is 12.1. The van der Waals surface area contributed by atoms with Crippen molar-refractivity contribution in [2.75, 3.05) is 11.9 Å². The van der Waals surface area contributed by atoms with Crippen molar-refractivity contribution in [3.63, 3.8) is 0 Å². The van der Waals surface area contributed by atoms with E-state index in [1.54, 1.807) is 6.07 Å². The van der Waals surface area contributed by atoms with Gasteiger partial charge >= 0.3 is 0 Å². The van der Waals surface area contributed by atoms with Crippen molar-refractivity contribution in [3.05, 3.63) is 34.6 Å². The highest BCUT2D eigenvalue weighted by Gasteiger charge is 2.31. The van der Waals surface area contributed by atoms with Crippen LogP contribution < -0.4 is 5.32 Å². The van der Waals surface area contributed by atoms with Crippen molar-refractivity contribution >= 4 is 33.4 Å². The molecule has 0 atom stereocenters. The molecule has 1 amide bonds. The molecular weight excluding hydrogens is 345 g/mol. The lowest BCUT2D eigenvalue weighted by molar-refractivity contribution is 0.0921. The van der Waals surface area contributed by atoms with Gasteiger partial charge < -0.3 is 5.32 Å². The van der Waals surface area contributed by atoms with Gasteiger partial charge in [0.05, 0.1) is 10.6 Å². The third kappa shape index (κ3) is 3.53. The Hall–Kier alpha value is -0.610. The molecule has 0 spiro atoms. The molecule has 1 aliphatic carbocycles. The lowest BCUT2D eigenvalue weighted by Crippen LogP contribution is -2.40. The van der Waals surface area contributed by atoms with Gasteiger partial charge in [0.15, 0.2) is 0 Å². The molecule has 1 saturated carbocycles. The number of hydrogen-bond acceptors (Lipinski definition) is 1. The van der Waals surface area contributed by atoms with E-state index in [2.05, 4.69) is 21.2 Å². The van der Waals surface area contributed by atoms with Gasteiger partial charge in [0.1, 0.15) is 5.82 Å². The van der Waals surface area contributed by atoms with E-state index >= 15 is 0 Å². The van der Waals surface area contributed by atoms with Crippen LogP contribution in [0.4, 0.5) is 4.39 Å². The first kappa shape index (κ1) is 15.8. The number of carbonyl (C=O) groups is 1. The zero-order valence-corrected chi connectivity index (χ0v) is 13.6. The fourth-order valence-electron chi connectivity index (χ4n) is 2.70. The monoisotopic (exact) mass is 361 g/mol. The van der Waals surface area contributed by atoms with Crippen molar-refractivity contribution in [1.82, 2.24) is 5.32 Å². The topological polar surface area (TPSA) is 29.1 Å². The molecule has 0 saturated heterocycles. The Kier molecular flexibility index (Phi) is 5.44. The van der Waals surface area contributed by atoms with Crippen LogP contribution in [0.1, 0.15) is 42.5 Å². The van der Waals surface area contributed by atoms with Gasteiger partial charge in [-0.15, -0.1) is 0 Å². The van der Waals surface area contributed by atoms with Crippen molar-refractivity contribution in [2.45, 2.75) is 32.1 Å². The third-order valence-corrected chi connectivity index (χ3v) is 5.59. The van der Waals surface area contributed by atoms with Gasteiger partial charge in [0.2, 0.25) is 0 Å². The Morgan fingerprint density at radius 1 is 1.35 bits per heavy atom. The van der Waals surface area contributed by atoms with E-state index in [1.807, 2.05) is 0 Å². The smallest absolute Gasteiger partial charge is 0.252 e. The highest BCUT2D eigenvalue weighted by atomic mass is 79.9. The third-order valence-electron chi connectivity index (χ3n) is 4.02. The highest BCUT2D eigenvalue weighted by molar-refractivity contribution is 9.09. The number of hydrogen-bond donors (Lipinski definition) is 1. The summed E-state index contributed by atoms with van der Waals surface area (Å²) in [6.07, 6.45) is 5.87. The summed E-state index contributed by atoms with van der Waals surface area (Å²) in [6.45, 7) is 0.601. The summed E-state index contributed by atoms with van der Waals surface area (Å²) in [5.41, 5.74) is 0.320. The summed E-state index contributed by atoms with van der Waals surface area (Å²) >= 11 is 9.40. The normalized spacial score (nSPS) is 17.8. The van der Waals surface area contributed by atoms with Gasteiger partial charge in [-0.3, -0.25) is 4.79 Å². The van der Waals surface area contributed by atoms with E-state index < -0.39 is 5.82 Å². The number of halogens is 3. The van der Waals surface area contributed by atoms with Gasteiger partial charge in [-0.2, -0.15) is 0 Å². The molecule has 2 rings (SSSR count). The van der Waals surface area contributed by atoms with Crippen LogP contribution in [0, 0.1) is 11.2 Å². The van der Waals surface area contributed by atoms with Gasteiger partial charge in [-0.1, -0.05) is 52.9 Å². The quantitative estimate of drug-likeness (QED) is 0.782. The number of carbonyl (C=O) groups excluding carboxylic acids is 1. The van der Waals surface area contributed by atoms with Crippen molar-refractivity contribution in [2.24, 2.45) is 5.41 Å². The van der Waals surface area contributed by atoms with Gasteiger partial charge in [0, 0.05) is 11.9 Å². The summed E-state index contributed by atoms with van der Waals surface area (Å²) in [7, 11) is 0. The lowest BCUT2D eigenvalue weighted by Gasteiger charge is -2.35. The molecule has 0 heterocycles. The van der Waals surface area contributed by atoms with E-state index in [4.69, 9.17) is 11.6 Å². The summed E-state index contributed by atoms with van der Waals surface area (Å²) in [6, 6.07) is 4.29. The second-order valence-electron chi connectivity index (χ2n) is 5.48. The predicted molar refractivity (Wildman–Crippen MR) is 83.1 cm³/mol. The van der Waals surface area contributed by atoms with Gasteiger partial charge in [-0.05, 0) is 30.4 Å². The maximum atomic E-state index is 13.4. The largest absolute Gasteiger partial charge is 0.351 e. The summed E-state index contributed by atoms with van der Waals surface area (Å²) < 4.78 is 13.4. The summed E-state index contributed by atoms with van der Waals surface area (Å²) in [5.74, 6) is -0.868. The molecule has 1 aliphatic rings. The van der Waals surface area contributed by atoms with Crippen molar-refractivity contribution in [3.8, 4) is 0 Å². The Labute approximate surface area is 132 Å². The average Bonchev–Trinajstić information content (AvgIpc) is 2.48. The predicted octanol–water partition coefficient (Wildman–Crippen LogP) is 4.55. The number of alkyl halides is 1. The van der Waals surface area contributed by atoms with Crippen LogP contribution in [0.5, 0.6) is 0 Å². The van der Waals surface area contributed by atoms with Gasteiger partial charge in [0.25, 0.3) is 5.91 Å². The fourth-order valence-corrected chi connectivity index (χ4v) is 3.67. The Morgan fingerprint density at radius 3 is 2.70 bits per heavy atom. The van der Waals surface area contributed by atoms with Crippen molar-refractivity contribution in [1.29, 1.82) is 0 Å². The number of amides is 1. The molecule has 2 nitrogen and oxygen atoms in total. The van der Waals surface area contributed by atoms with E-state index in [0.29, 0.717) is 6.54 Å². The van der Waals surface area contributed by atoms with Gasteiger partial charge in [-0.25, -0.2) is 4.39 Å². The molecule has 0 aromatic heterocycles. The fraction of sp³-hybridized carbons (Fsp3) is 0.533. The number of nitrogens with one attached hydrogen (secondary N) is 1. The standard InChI is InChI=1S/C15H18BrClFNO/c16-9-15(7-2-1-3-8-15)10-19-14(20)11-5-4-6-12(18)13(11)17/h4-6H,1-3,7-10H2,(H,19,20). The second-order valence-corrected chi connectivity index (χ2v) is 6.42. The first-order valence-corrected chi connectivity index (χ1v) is 8.36. The zero-order valence-electron chi connectivity index (χ0n) is 11.2. The molecule has 0 aliphatic heterocycles. The Bertz CT molecular complexity index is 489. The first-order chi connectivity index (χ1) is 9.58.